The Bertz CT molecular complexity index is 59.0. The monoisotopic (exact) mass is 149 g/mol. The van der Waals surface area contributed by atoms with Crippen molar-refractivity contribution in [3.8, 4) is 0 Å². The molecule has 56 valence electrons. The first-order valence-corrected chi connectivity index (χ1v) is 4.57. The van der Waals surface area contributed by atoms with Gasteiger partial charge in [0.05, 0.1) is 0 Å². The number of thioether (sulfide) groups is 1. The molecule has 0 fully saturated rings. The molecule has 0 aromatic rings. The molecule has 0 heterocycles. The van der Waals surface area contributed by atoms with Crippen molar-refractivity contribution >= 4 is 11.8 Å². The van der Waals surface area contributed by atoms with Gasteiger partial charge in [-0.25, -0.2) is 0 Å². The van der Waals surface area contributed by atoms with Crippen molar-refractivity contribution in [1.82, 2.24) is 5.32 Å². The standard InChI is InChI=1S/C6H15NOS/c1-6(8)7-4-3-5-9-2/h6-8H,3-5H2,1-2H3. The van der Waals surface area contributed by atoms with Crippen molar-refractivity contribution in [2.24, 2.45) is 0 Å². The van der Waals surface area contributed by atoms with Gasteiger partial charge in [0.25, 0.3) is 0 Å². The summed E-state index contributed by atoms with van der Waals surface area (Å²) < 4.78 is 0. The highest BCUT2D eigenvalue weighted by atomic mass is 32.2. The predicted molar refractivity (Wildman–Crippen MR) is 42.7 cm³/mol. The summed E-state index contributed by atoms with van der Waals surface area (Å²) in [5, 5.41) is 11.7. The number of rotatable bonds is 5. The van der Waals surface area contributed by atoms with E-state index in [2.05, 4.69) is 11.6 Å². The number of aliphatic hydroxyl groups excluding tert-OH is 1. The summed E-state index contributed by atoms with van der Waals surface area (Å²) in [5.74, 6) is 1.17. The van der Waals surface area contributed by atoms with Crippen LogP contribution in [0, 0.1) is 0 Å². The number of hydrogen-bond acceptors (Lipinski definition) is 3. The van der Waals surface area contributed by atoms with Crippen molar-refractivity contribution in [3.63, 3.8) is 0 Å². The molecule has 0 aromatic carbocycles. The first kappa shape index (κ1) is 9.27. The van der Waals surface area contributed by atoms with E-state index >= 15 is 0 Å². The Hall–Kier alpha value is 0.270. The minimum atomic E-state index is -0.355. The van der Waals surface area contributed by atoms with Crippen LogP contribution in [-0.2, 0) is 0 Å². The van der Waals surface area contributed by atoms with E-state index in [1.165, 1.54) is 5.75 Å². The van der Waals surface area contributed by atoms with Gasteiger partial charge in [0, 0.05) is 0 Å². The highest BCUT2D eigenvalue weighted by Gasteiger charge is 1.90. The molecule has 1 atom stereocenters. The minimum absolute atomic E-state index is 0.355. The zero-order valence-electron chi connectivity index (χ0n) is 6.05. The van der Waals surface area contributed by atoms with E-state index in [1.807, 2.05) is 11.8 Å². The van der Waals surface area contributed by atoms with Crippen molar-refractivity contribution in [1.29, 1.82) is 0 Å². The fourth-order valence-electron chi connectivity index (χ4n) is 0.527. The Morgan fingerprint density at radius 1 is 1.67 bits per heavy atom. The molecule has 0 aromatic heterocycles. The average Bonchev–Trinajstić information content (AvgIpc) is 1.80. The summed E-state index contributed by atoms with van der Waals surface area (Å²) in [6, 6.07) is 0. The normalized spacial score (nSPS) is 13.7. The topological polar surface area (TPSA) is 32.3 Å². The molecule has 3 heteroatoms. The van der Waals surface area contributed by atoms with Crippen LogP contribution in [0.25, 0.3) is 0 Å². The highest BCUT2D eigenvalue weighted by Crippen LogP contribution is 1.93. The molecule has 0 aliphatic carbocycles. The molecule has 0 saturated heterocycles. The van der Waals surface area contributed by atoms with Crippen molar-refractivity contribution in [2.45, 2.75) is 19.6 Å². The third-order valence-electron chi connectivity index (χ3n) is 0.965. The van der Waals surface area contributed by atoms with Gasteiger partial charge in [-0.1, -0.05) is 0 Å². The molecule has 0 saturated carbocycles. The Balaban J connectivity index is 2.75. The van der Waals surface area contributed by atoms with Crippen LogP contribution in [0.5, 0.6) is 0 Å². The van der Waals surface area contributed by atoms with E-state index in [9.17, 15) is 0 Å². The maximum absolute atomic E-state index is 8.73. The van der Waals surface area contributed by atoms with Gasteiger partial charge in [0.2, 0.25) is 0 Å². The quantitative estimate of drug-likeness (QED) is 0.445. The number of nitrogens with one attached hydrogen (secondary N) is 1. The molecule has 0 aliphatic rings. The van der Waals surface area contributed by atoms with Crippen molar-refractivity contribution < 1.29 is 5.11 Å². The Labute approximate surface area is 61.0 Å². The summed E-state index contributed by atoms with van der Waals surface area (Å²) in [7, 11) is 0. The van der Waals surface area contributed by atoms with Crippen LogP contribution in [0.3, 0.4) is 0 Å². The third kappa shape index (κ3) is 8.27. The SMILES string of the molecule is CSCCCNC(C)O. The zero-order chi connectivity index (χ0) is 7.11. The van der Waals surface area contributed by atoms with E-state index in [4.69, 9.17) is 5.11 Å². The fraction of sp³-hybridized carbons (Fsp3) is 1.00. The molecule has 0 aliphatic heterocycles. The molecule has 1 unspecified atom stereocenters. The summed E-state index contributed by atoms with van der Waals surface area (Å²) in [6.45, 7) is 2.65. The number of aliphatic hydroxyl groups is 1. The fourth-order valence-corrected chi connectivity index (χ4v) is 0.960. The van der Waals surface area contributed by atoms with E-state index in [-0.39, 0.29) is 6.23 Å². The lowest BCUT2D eigenvalue weighted by Gasteiger charge is -2.04. The minimum Gasteiger partial charge on any atom is -0.379 e. The van der Waals surface area contributed by atoms with Gasteiger partial charge in [-0.05, 0) is 31.9 Å². The zero-order valence-corrected chi connectivity index (χ0v) is 6.87. The maximum Gasteiger partial charge on any atom is 0.102 e. The first-order chi connectivity index (χ1) is 4.27. The molecule has 0 radical (unpaired) electrons. The van der Waals surface area contributed by atoms with E-state index < -0.39 is 0 Å². The van der Waals surface area contributed by atoms with E-state index in [0.29, 0.717) is 0 Å². The van der Waals surface area contributed by atoms with E-state index in [0.717, 1.165) is 13.0 Å². The molecule has 2 N–H and O–H groups in total. The molecule has 0 spiro atoms. The Kier molecular flexibility index (Phi) is 6.58. The van der Waals surface area contributed by atoms with Crippen LogP contribution in [0.1, 0.15) is 13.3 Å². The van der Waals surface area contributed by atoms with Crippen LogP contribution >= 0.6 is 11.8 Å². The lowest BCUT2D eigenvalue weighted by molar-refractivity contribution is 0.157. The van der Waals surface area contributed by atoms with Crippen LogP contribution in [0.2, 0.25) is 0 Å². The van der Waals surface area contributed by atoms with Gasteiger partial charge in [-0.2, -0.15) is 11.8 Å². The molecule has 0 rings (SSSR count). The van der Waals surface area contributed by atoms with Gasteiger partial charge in [-0.15, -0.1) is 0 Å². The van der Waals surface area contributed by atoms with Crippen LogP contribution in [0.15, 0.2) is 0 Å². The Morgan fingerprint density at radius 3 is 2.78 bits per heavy atom. The van der Waals surface area contributed by atoms with Gasteiger partial charge < -0.3 is 5.11 Å². The van der Waals surface area contributed by atoms with Crippen LogP contribution in [0.4, 0.5) is 0 Å². The van der Waals surface area contributed by atoms with Gasteiger partial charge >= 0.3 is 0 Å². The average molecular weight is 149 g/mol. The summed E-state index contributed by atoms with van der Waals surface area (Å²) in [5.41, 5.74) is 0. The van der Waals surface area contributed by atoms with Crippen molar-refractivity contribution in [2.75, 3.05) is 18.6 Å². The largest absolute Gasteiger partial charge is 0.379 e. The van der Waals surface area contributed by atoms with Crippen LogP contribution in [-0.4, -0.2) is 29.9 Å². The smallest absolute Gasteiger partial charge is 0.102 e. The van der Waals surface area contributed by atoms with Gasteiger partial charge in [-0.3, -0.25) is 5.32 Å². The second kappa shape index (κ2) is 6.39. The maximum atomic E-state index is 8.73. The second-order valence-corrected chi connectivity index (χ2v) is 2.96. The van der Waals surface area contributed by atoms with Gasteiger partial charge in [0.15, 0.2) is 0 Å². The molecular formula is C6H15NOS. The highest BCUT2D eigenvalue weighted by molar-refractivity contribution is 7.98. The lowest BCUT2D eigenvalue weighted by Crippen LogP contribution is -2.26. The number of hydrogen-bond donors (Lipinski definition) is 2. The molecule has 2 nitrogen and oxygen atoms in total. The van der Waals surface area contributed by atoms with Gasteiger partial charge in [0.1, 0.15) is 6.23 Å². The molecular weight excluding hydrogens is 134 g/mol. The summed E-state index contributed by atoms with van der Waals surface area (Å²) in [4.78, 5) is 0. The molecule has 0 bridgehead atoms. The first-order valence-electron chi connectivity index (χ1n) is 3.17. The summed E-state index contributed by atoms with van der Waals surface area (Å²) >= 11 is 1.83. The third-order valence-corrected chi connectivity index (χ3v) is 1.66. The van der Waals surface area contributed by atoms with E-state index in [1.54, 1.807) is 6.92 Å². The molecule has 0 amide bonds. The molecule has 9 heavy (non-hydrogen) atoms. The predicted octanol–water partition coefficient (Wildman–Crippen LogP) is 0.667. The lowest BCUT2D eigenvalue weighted by atomic mass is 10.4. The second-order valence-electron chi connectivity index (χ2n) is 1.98. The Morgan fingerprint density at radius 2 is 2.33 bits per heavy atom. The summed E-state index contributed by atoms with van der Waals surface area (Å²) in [6.07, 6.45) is 2.86. The van der Waals surface area contributed by atoms with Crippen molar-refractivity contribution in [3.05, 3.63) is 0 Å². The van der Waals surface area contributed by atoms with Crippen LogP contribution < -0.4 is 5.32 Å².